The number of hydrogen-bond acceptors (Lipinski definition) is 0. The normalized spacial score (nSPS) is 12.3. The molecule has 0 bridgehead atoms. The highest BCUT2D eigenvalue weighted by atomic mass is 14.0. The van der Waals surface area contributed by atoms with Gasteiger partial charge >= 0.3 is 0 Å². The third kappa shape index (κ3) is 2.02. The minimum absolute atomic E-state index is 1.08. The zero-order valence-electron chi connectivity index (χ0n) is 8.88. The second-order valence-electron chi connectivity index (χ2n) is 3.25. The minimum atomic E-state index is 1.08. The highest BCUT2D eigenvalue weighted by Gasteiger charge is 1.94. The van der Waals surface area contributed by atoms with E-state index >= 15 is 0 Å². The molecule has 0 radical (unpaired) electrons. The van der Waals surface area contributed by atoms with Gasteiger partial charge in [0.05, 0.1) is 0 Å². The summed E-state index contributed by atoms with van der Waals surface area (Å²) in [6.45, 7) is 11.9. The fraction of sp³-hybridized carbons (Fsp3) is 0.143. The van der Waals surface area contributed by atoms with Crippen molar-refractivity contribution in [2.45, 2.75) is 13.8 Å². The quantitative estimate of drug-likeness (QED) is 0.662. The van der Waals surface area contributed by atoms with Gasteiger partial charge in [0.15, 0.2) is 0 Å². The Balaban J connectivity index is 3.49. The maximum Gasteiger partial charge on any atom is -0.0187 e. The van der Waals surface area contributed by atoms with Crippen molar-refractivity contribution in [2.24, 2.45) is 0 Å². The Morgan fingerprint density at radius 1 is 1.29 bits per heavy atom. The molecule has 0 aliphatic rings. The highest BCUT2D eigenvalue weighted by molar-refractivity contribution is 5.55. The SMILES string of the molecule is C=C/C=c1/ccc(/C=C\C)c(C)c1=C. The Hall–Kier alpha value is -1.56. The van der Waals surface area contributed by atoms with Crippen molar-refractivity contribution < 1.29 is 0 Å². The summed E-state index contributed by atoms with van der Waals surface area (Å²) >= 11 is 0. The molecule has 0 aliphatic carbocycles. The van der Waals surface area contributed by atoms with E-state index in [0.29, 0.717) is 0 Å². The van der Waals surface area contributed by atoms with Gasteiger partial charge in [-0.1, -0.05) is 49.6 Å². The Labute approximate surface area is 85.6 Å². The first-order valence-electron chi connectivity index (χ1n) is 4.74. The minimum Gasteiger partial charge on any atom is -0.0990 e. The highest BCUT2D eigenvalue weighted by Crippen LogP contribution is 2.02. The Morgan fingerprint density at radius 3 is 2.57 bits per heavy atom. The second kappa shape index (κ2) is 4.61. The Kier molecular flexibility index (Phi) is 3.47. The van der Waals surface area contributed by atoms with Crippen molar-refractivity contribution in [1.29, 1.82) is 0 Å². The summed E-state index contributed by atoms with van der Waals surface area (Å²) in [6, 6.07) is 4.19. The monoisotopic (exact) mass is 184 g/mol. The molecule has 0 spiro atoms. The predicted octanol–water partition coefficient (Wildman–Crippen LogP) is 2.40. The average molecular weight is 184 g/mol. The lowest BCUT2D eigenvalue weighted by atomic mass is 10.0. The fourth-order valence-corrected chi connectivity index (χ4v) is 1.44. The summed E-state index contributed by atoms with van der Waals surface area (Å²) < 4.78 is 0. The molecule has 0 atom stereocenters. The number of allylic oxidation sites excluding steroid dienone is 2. The van der Waals surface area contributed by atoms with Crippen molar-refractivity contribution in [2.75, 3.05) is 0 Å². The van der Waals surface area contributed by atoms with Crippen molar-refractivity contribution in [3.63, 3.8) is 0 Å². The van der Waals surface area contributed by atoms with E-state index in [9.17, 15) is 0 Å². The summed E-state index contributed by atoms with van der Waals surface area (Å²) in [5, 5.41) is 2.23. The summed E-state index contributed by atoms with van der Waals surface area (Å²) in [4.78, 5) is 0. The van der Waals surface area contributed by atoms with E-state index in [1.165, 1.54) is 11.1 Å². The molecule has 0 saturated heterocycles. The number of rotatable bonds is 2. The van der Waals surface area contributed by atoms with Crippen LogP contribution in [0.15, 0.2) is 30.9 Å². The van der Waals surface area contributed by atoms with Crippen LogP contribution in [0.25, 0.3) is 18.7 Å². The summed E-state index contributed by atoms with van der Waals surface area (Å²) in [6.07, 6.45) is 7.91. The van der Waals surface area contributed by atoms with Gasteiger partial charge < -0.3 is 0 Å². The lowest BCUT2D eigenvalue weighted by molar-refractivity contribution is 1.35. The second-order valence-corrected chi connectivity index (χ2v) is 3.25. The standard InChI is InChI=1S/C14H16/c1-5-7-13-9-10-14(8-6-2)12(4)11(13)3/h5-10H,1,3H2,2,4H3/b8-6-,13-7-. The van der Waals surface area contributed by atoms with E-state index in [4.69, 9.17) is 0 Å². The molecule has 0 aromatic heterocycles. The molecular formula is C14H16. The topological polar surface area (TPSA) is 0 Å². The van der Waals surface area contributed by atoms with Crippen LogP contribution >= 0.6 is 0 Å². The molecule has 72 valence electrons. The van der Waals surface area contributed by atoms with Crippen molar-refractivity contribution in [3.8, 4) is 0 Å². The number of benzene rings is 1. The van der Waals surface area contributed by atoms with Crippen molar-refractivity contribution >= 4 is 18.7 Å². The van der Waals surface area contributed by atoms with E-state index in [0.717, 1.165) is 10.4 Å². The Bertz CT molecular complexity index is 462. The van der Waals surface area contributed by atoms with Crippen LogP contribution in [-0.2, 0) is 0 Å². The van der Waals surface area contributed by atoms with Crippen LogP contribution in [0.4, 0.5) is 0 Å². The van der Waals surface area contributed by atoms with Crippen LogP contribution in [0, 0.1) is 6.92 Å². The van der Waals surface area contributed by atoms with E-state index in [1.54, 1.807) is 6.08 Å². The molecule has 0 amide bonds. The molecule has 0 fully saturated rings. The van der Waals surface area contributed by atoms with Crippen LogP contribution in [0.3, 0.4) is 0 Å². The van der Waals surface area contributed by atoms with E-state index in [1.807, 2.05) is 19.1 Å². The first kappa shape index (κ1) is 10.5. The summed E-state index contributed by atoms with van der Waals surface area (Å²) in [5.74, 6) is 0. The van der Waals surface area contributed by atoms with Gasteiger partial charge in [0.25, 0.3) is 0 Å². The molecular weight excluding hydrogens is 168 g/mol. The van der Waals surface area contributed by atoms with Crippen LogP contribution in [-0.4, -0.2) is 0 Å². The van der Waals surface area contributed by atoms with Crippen LogP contribution in [0.5, 0.6) is 0 Å². The lowest BCUT2D eigenvalue weighted by Gasteiger charge is -2.00. The molecule has 0 aliphatic heterocycles. The third-order valence-corrected chi connectivity index (χ3v) is 2.32. The van der Waals surface area contributed by atoms with E-state index < -0.39 is 0 Å². The van der Waals surface area contributed by atoms with Crippen LogP contribution in [0.2, 0.25) is 0 Å². The van der Waals surface area contributed by atoms with Gasteiger partial charge in [-0.15, -0.1) is 0 Å². The maximum absolute atomic E-state index is 4.07. The average Bonchev–Trinajstić information content (AvgIpc) is 2.18. The lowest BCUT2D eigenvalue weighted by Crippen LogP contribution is -2.26. The molecule has 0 nitrogen and oxygen atoms in total. The van der Waals surface area contributed by atoms with Gasteiger partial charge in [0.2, 0.25) is 0 Å². The molecule has 0 unspecified atom stereocenters. The maximum atomic E-state index is 4.07. The fourth-order valence-electron chi connectivity index (χ4n) is 1.44. The smallest absolute Gasteiger partial charge is 0.0187 e. The Morgan fingerprint density at radius 2 is 2.00 bits per heavy atom. The van der Waals surface area contributed by atoms with Gasteiger partial charge in [0.1, 0.15) is 0 Å². The first-order valence-corrected chi connectivity index (χ1v) is 4.74. The molecule has 0 heterocycles. The van der Waals surface area contributed by atoms with E-state index in [2.05, 4.69) is 38.3 Å². The van der Waals surface area contributed by atoms with Crippen molar-refractivity contribution in [1.82, 2.24) is 0 Å². The van der Waals surface area contributed by atoms with Gasteiger partial charge in [-0.2, -0.15) is 0 Å². The first-order chi connectivity index (χ1) is 6.70. The van der Waals surface area contributed by atoms with E-state index in [-0.39, 0.29) is 0 Å². The van der Waals surface area contributed by atoms with Gasteiger partial charge in [-0.25, -0.2) is 0 Å². The molecule has 0 heteroatoms. The molecule has 1 aromatic rings. The predicted molar refractivity (Wildman–Crippen MR) is 65.3 cm³/mol. The van der Waals surface area contributed by atoms with Crippen molar-refractivity contribution in [3.05, 3.63) is 52.4 Å². The number of hydrogen-bond donors (Lipinski definition) is 0. The zero-order valence-corrected chi connectivity index (χ0v) is 8.88. The molecule has 1 rings (SSSR count). The summed E-state index contributed by atoms with van der Waals surface area (Å²) in [5.41, 5.74) is 2.47. The zero-order chi connectivity index (χ0) is 10.6. The molecule has 1 aromatic carbocycles. The largest absolute Gasteiger partial charge is 0.0990 e. The molecule has 14 heavy (non-hydrogen) atoms. The van der Waals surface area contributed by atoms with Crippen LogP contribution < -0.4 is 10.4 Å². The van der Waals surface area contributed by atoms with Gasteiger partial charge in [0, 0.05) is 0 Å². The van der Waals surface area contributed by atoms with Crippen LogP contribution in [0.1, 0.15) is 18.1 Å². The molecule has 0 N–H and O–H groups in total. The third-order valence-electron chi connectivity index (χ3n) is 2.32. The molecule has 0 saturated carbocycles. The van der Waals surface area contributed by atoms with Gasteiger partial charge in [-0.05, 0) is 35.4 Å². The summed E-state index contributed by atoms with van der Waals surface area (Å²) in [7, 11) is 0. The van der Waals surface area contributed by atoms with Gasteiger partial charge in [-0.3, -0.25) is 0 Å².